The molecule has 1 saturated heterocycles. The predicted octanol–water partition coefficient (Wildman–Crippen LogP) is 3.59. The molecule has 3 amide bonds. The van der Waals surface area contributed by atoms with Crippen molar-refractivity contribution in [3.8, 4) is 0 Å². The maximum Gasteiger partial charge on any atom is 0.318 e. The Morgan fingerprint density at radius 1 is 0.844 bits per heavy atom. The Labute approximate surface area is 192 Å². The molecule has 1 aromatic heterocycles. The number of hydrogen-bond donors (Lipinski definition) is 2. The van der Waals surface area contributed by atoms with Gasteiger partial charge in [-0.25, -0.2) is 4.79 Å². The van der Waals surface area contributed by atoms with Gasteiger partial charge in [0.15, 0.2) is 0 Å². The van der Waals surface area contributed by atoms with Gasteiger partial charge in [-0.15, -0.1) is 11.3 Å². The number of piperazine rings is 1. The van der Waals surface area contributed by atoms with Gasteiger partial charge >= 0.3 is 6.03 Å². The summed E-state index contributed by atoms with van der Waals surface area (Å²) in [7, 11) is 0. The van der Waals surface area contributed by atoms with Gasteiger partial charge < -0.3 is 15.5 Å². The van der Waals surface area contributed by atoms with Crippen molar-refractivity contribution in [2.75, 3.05) is 39.3 Å². The topological polar surface area (TPSA) is 64.7 Å². The van der Waals surface area contributed by atoms with Gasteiger partial charge in [0.2, 0.25) is 0 Å². The standard InChI is InChI=1S/C25H28N4O2S/c30-24(22-12-7-19-32-22)26-13-14-28-15-17-29(18-16-28)25(31)27-23(20-8-3-1-4-9-20)21-10-5-2-6-11-21/h1-12,19,23H,13-18H2,(H,26,30)(H,27,31). The molecule has 0 unspecified atom stereocenters. The van der Waals surface area contributed by atoms with Crippen LogP contribution >= 0.6 is 11.3 Å². The molecule has 2 aromatic carbocycles. The number of nitrogens with zero attached hydrogens (tertiary/aromatic N) is 2. The lowest BCUT2D eigenvalue weighted by molar-refractivity contribution is 0.0945. The van der Waals surface area contributed by atoms with Crippen LogP contribution in [0.25, 0.3) is 0 Å². The van der Waals surface area contributed by atoms with Crippen LogP contribution in [-0.4, -0.2) is 61.0 Å². The smallest absolute Gasteiger partial charge is 0.318 e. The minimum atomic E-state index is -0.185. The highest BCUT2D eigenvalue weighted by atomic mass is 32.1. The van der Waals surface area contributed by atoms with E-state index in [1.807, 2.05) is 83.1 Å². The first-order valence-electron chi connectivity index (χ1n) is 10.9. The zero-order valence-electron chi connectivity index (χ0n) is 17.9. The third-order valence-electron chi connectivity index (χ3n) is 5.65. The number of rotatable bonds is 7. The molecule has 0 atom stereocenters. The van der Waals surface area contributed by atoms with Crippen molar-refractivity contribution >= 4 is 23.3 Å². The maximum atomic E-state index is 13.0. The average Bonchev–Trinajstić information content (AvgIpc) is 3.39. The number of carbonyl (C=O) groups excluding carboxylic acids is 2. The summed E-state index contributed by atoms with van der Waals surface area (Å²) in [6.07, 6.45) is 0. The van der Waals surface area contributed by atoms with E-state index < -0.39 is 0 Å². The third-order valence-corrected chi connectivity index (χ3v) is 6.52. The number of thiophene rings is 1. The van der Waals surface area contributed by atoms with Gasteiger partial charge in [0.05, 0.1) is 10.9 Å². The Morgan fingerprint density at radius 2 is 1.47 bits per heavy atom. The fourth-order valence-electron chi connectivity index (χ4n) is 3.86. The molecule has 0 spiro atoms. The first-order chi connectivity index (χ1) is 15.7. The summed E-state index contributed by atoms with van der Waals surface area (Å²) < 4.78 is 0. The van der Waals surface area contributed by atoms with E-state index in [4.69, 9.17) is 0 Å². The molecular formula is C25H28N4O2S. The van der Waals surface area contributed by atoms with E-state index in [1.165, 1.54) is 11.3 Å². The van der Waals surface area contributed by atoms with Crippen LogP contribution < -0.4 is 10.6 Å². The number of carbonyl (C=O) groups is 2. The van der Waals surface area contributed by atoms with Crippen LogP contribution in [0.2, 0.25) is 0 Å². The van der Waals surface area contributed by atoms with E-state index >= 15 is 0 Å². The minimum absolute atomic E-state index is 0.0223. The van der Waals surface area contributed by atoms with Crippen LogP contribution in [0.3, 0.4) is 0 Å². The van der Waals surface area contributed by atoms with Crippen molar-refractivity contribution in [2.24, 2.45) is 0 Å². The highest BCUT2D eigenvalue weighted by Gasteiger charge is 2.24. The van der Waals surface area contributed by atoms with Crippen molar-refractivity contribution < 1.29 is 9.59 Å². The molecule has 4 rings (SSSR count). The molecule has 32 heavy (non-hydrogen) atoms. The predicted molar refractivity (Wildman–Crippen MR) is 128 cm³/mol. The van der Waals surface area contributed by atoms with Crippen molar-refractivity contribution in [3.63, 3.8) is 0 Å². The second kappa shape index (κ2) is 10.9. The summed E-state index contributed by atoms with van der Waals surface area (Å²) in [4.78, 5) is 30.0. The lowest BCUT2D eigenvalue weighted by atomic mass is 9.99. The Kier molecular flexibility index (Phi) is 7.53. The molecule has 1 aliphatic rings. The number of amides is 3. The maximum absolute atomic E-state index is 13.0. The van der Waals surface area contributed by atoms with Crippen LogP contribution in [0, 0.1) is 0 Å². The SMILES string of the molecule is O=C(NCCN1CCN(C(=O)NC(c2ccccc2)c2ccccc2)CC1)c1cccs1. The number of urea groups is 1. The van der Waals surface area contributed by atoms with Gasteiger partial charge in [0, 0.05) is 39.3 Å². The summed E-state index contributed by atoms with van der Waals surface area (Å²) in [5.41, 5.74) is 2.12. The summed E-state index contributed by atoms with van der Waals surface area (Å²) in [6.45, 7) is 4.31. The number of nitrogens with one attached hydrogen (secondary N) is 2. The highest BCUT2D eigenvalue weighted by molar-refractivity contribution is 7.12. The molecule has 0 radical (unpaired) electrons. The van der Waals surface area contributed by atoms with E-state index in [0.29, 0.717) is 19.6 Å². The molecule has 1 fully saturated rings. The van der Waals surface area contributed by atoms with Crippen LogP contribution in [0.1, 0.15) is 26.8 Å². The summed E-state index contributed by atoms with van der Waals surface area (Å²) in [5.74, 6) is -0.0223. The molecule has 6 nitrogen and oxygen atoms in total. The average molecular weight is 449 g/mol. The van der Waals surface area contributed by atoms with E-state index in [0.717, 1.165) is 35.6 Å². The van der Waals surface area contributed by atoms with E-state index in [-0.39, 0.29) is 18.0 Å². The second-order valence-corrected chi connectivity index (χ2v) is 8.71. The van der Waals surface area contributed by atoms with Crippen molar-refractivity contribution in [3.05, 3.63) is 94.2 Å². The zero-order valence-corrected chi connectivity index (χ0v) is 18.8. The quantitative estimate of drug-likeness (QED) is 0.581. The van der Waals surface area contributed by atoms with Crippen LogP contribution in [-0.2, 0) is 0 Å². The van der Waals surface area contributed by atoms with Gasteiger partial charge in [0.25, 0.3) is 5.91 Å². The highest BCUT2D eigenvalue weighted by Crippen LogP contribution is 2.22. The Morgan fingerprint density at radius 3 is 2.03 bits per heavy atom. The molecule has 1 aliphatic heterocycles. The molecule has 3 aromatic rings. The molecule has 0 aliphatic carbocycles. The van der Waals surface area contributed by atoms with E-state index in [1.54, 1.807) is 0 Å². The van der Waals surface area contributed by atoms with Gasteiger partial charge in [-0.1, -0.05) is 66.7 Å². The van der Waals surface area contributed by atoms with Crippen molar-refractivity contribution in [2.45, 2.75) is 6.04 Å². The molecule has 0 saturated carbocycles. The third kappa shape index (κ3) is 5.75. The fourth-order valence-corrected chi connectivity index (χ4v) is 4.50. The lowest BCUT2D eigenvalue weighted by Gasteiger charge is -2.35. The molecule has 7 heteroatoms. The van der Waals surface area contributed by atoms with E-state index in [9.17, 15) is 9.59 Å². The Balaban J connectivity index is 1.27. The number of hydrogen-bond acceptors (Lipinski definition) is 4. The fraction of sp³-hybridized carbons (Fsp3) is 0.280. The minimum Gasteiger partial charge on any atom is -0.350 e. The largest absolute Gasteiger partial charge is 0.350 e. The van der Waals surface area contributed by atoms with Crippen molar-refractivity contribution in [1.82, 2.24) is 20.4 Å². The monoisotopic (exact) mass is 448 g/mol. The molecule has 0 bridgehead atoms. The summed E-state index contributed by atoms with van der Waals surface area (Å²) in [5, 5.41) is 8.09. The first-order valence-corrected chi connectivity index (χ1v) is 11.8. The number of benzene rings is 2. The molecule has 2 N–H and O–H groups in total. The van der Waals surface area contributed by atoms with Crippen LogP contribution in [0.15, 0.2) is 78.2 Å². The van der Waals surface area contributed by atoms with Gasteiger partial charge in [-0.3, -0.25) is 9.69 Å². The normalized spacial score (nSPS) is 14.3. The van der Waals surface area contributed by atoms with Gasteiger partial charge in [-0.2, -0.15) is 0 Å². The summed E-state index contributed by atoms with van der Waals surface area (Å²) >= 11 is 1.45. The molecular weight excluding hydrogens is 420 g/mol. The van der Waals surface area contributed by atoms with Crippen LogP contribution in [0.4, 0.5) is 4.79 Å². The molecule has 2 heterocycles. The second-order valence-electron chi connectivity index (χ2n) is 7.77. The Bertz CT molecular complexity index is 948. The van der Waals surface area contributed by atoms with Gasteiger partial charge in [0.1, 0.15) is 0 Å². The first kappa shape index (κ1) is 22.0. The van der Waals surface area contributed by atoms with Crippen molar-refractivity contribution in [1.29, 1.82) is 0 Å². The lowest BCUT2D eigenvalue weighted by Crippen LogP contribution is -2.53. The van der Waals surface area contributed by atoms with Crippen LogP contribution in [0.5, 0.6) is 0 Å². The molecule has 166 valence electrons. The zero-order chi connectivity index (χ0) is 22.2. The van der Waals surface area contributed by atoms with E-state index in [2.05, 4.69) is 15.5 Å². The summed E-state index contributed by atoms with van der Waals surface area (Å²) in [6, 6.07) is 23.6. The Hall–Kier alpha value is -3.16. The van der Waals surface area contributed by atoms with Gasteiger partial charge in [-0.05, 0) is 22.6 Å².